The molecule has 1 aliphatic heterocycles. The van der Waals surface area contributed by atoms with Gasteiger partial charge in [0.15, 0.2) is 0 Å². The fourth-order valence-electron chi connectivity index (χ4n) is 3.88. The molecule has 1 fully saturated rings. The largest absolute Gasteiger partial charge is 0.497 e. The molecule has 7 N–H and O–H groups in total. The summed E-state index contributed by atoms with van der Waals surface area (Å²) < 4.78 is 1.75. The van der Waals surface area contributed by atoms with Crippen molar-refractivity contribution in [2.75, 3.05) is 38.0 Å². The third-order valence-corrected chi connectivity index (χ3v) is 5.77. The first-order chi connectivity index (χ1) is 15.1. The van der Waals surface area contributed by atoms with Gasteiger partial charge in [0.05, 0.1) is 12.7 Å². The van der Waals surface area contributed by atoms with Crippen molar-refractivity contribution in [1.82, 2.24) is 15.2 Å². The summed E-state index contributed by atoms with van der Waals surface area (Å²) in [4.78, 5) is 17.9. The number of benzene rings is 1. The Morgan fingerprint density at radius 2 is 2.00 bits per heavy atom. The number of nitrogens with two attached hydrogens (primary N) is 2. The molecule has 8 heteroatoms. The summed E-state index contributed by atoms with van der Waals surface area (Å²) in [5.41, 5.74) is 13.5. The molecule has 2 heterocycles. The summed E-state index contributed by atoms with van der Waals surface area (Å²) in [5.74, 6) is 0.694. The van der Waals surface area contributed by atoms with Crippen LogP contribution in [0.3, 0.4) is 0 Å². The molecule has 3 rings (SSSR count). The molecule has 1 aromatic heterocycles. The molecule has 2 aromatic rings. The first-order valence-electron chi connectivity index (χ1n) is 11.5. The molecule has 0 saturated carbocycles. The summed E-state index contributed by atoms with van der Waals surface area (Å²) in [6.07, 6.45) is 7.10. The molecule has 0 spiro atoms. The van der Waals surface area contributed by atoms with Crippen molar-refractivity contribution in [2.45, 2.75) is 51.2 Å². The van der Waals surface area contributed by atoms with Crippen LogP contribution in [0.4, 0.5) is 11.5 Å². The van der Waals surface area contributed by atoms with Gasteiger partial charge in [-0.2, -0.15) is 14.3 Å². The van der Waals surface area contributed by atoms with E-state index in [1.807, 2.05) is 24.4 Å². The number of unbranched alkanes of at least 4 members (excludes halogenated alkanes) is 1. The molecule has 1 saturated heterocycles. The highest BCUT2D eigenvalue weighted by Crippen LogP contribution is 2.15. The van der Waals surface area contributed by atoms with Crippen molar-refractivity contribution >= 4 is 11.5 Å². The molecule has 0 amide bonds. The summed E-state index contributed by atoms with van der Waals surface area (Å²) in [6.45, 7) is 6.41. The van der Waals surface area contributed by atoms with Crippen molar-refractivity contribution in [3.05, 3.63) is 52.6 Å². The molecule has 31 heavy (non-hydrogen) atoms. The van der Waals surface area contributed by atoms with Gasteiger partial charge < -0.3 is 27.0 Å². The molecule has 0 bridgehead atoms. The van der Waals surface area contributed by atoms with Crippen molar-refractivity contribution in [3.63, 3.8) is 0 Å². The minimum Gasteiger partial charge on any atom is -0.330 e. The molecule has 170 valence electrons. The van der Waals surface area contributed by atoms with E-state index in [2.05, 4.69) is 32.7 Å². The maximum atomic E-state index is 12.5. The fourth-order valence-corrected chi connectivity index (χ4v) is 3.88. The van der Waals surface area contributed by atoms with Crippen LogP contribution < -0.4 is 32.4 Å². The van der Waals surface area contributed by atoms with Crippen LogP contribution in [-0.2, 0) is 13.1 Å². The Morgan fingerprint density at radius 1 is 1.16 bits per heavy atom. The maximum Gasteiger partial charge on any atom is 0.497 e. The normalized spacial score (nSPS) is 15.3. The van der Waals surface area contributed by atoms with Crippen LogP contribution >= 0.6 is 0 Å². The van der Waals surface area contributed by atoms with Crippen molar-refractivity contribution < 1.29 is 4.57 Å². The third-order valence-electron chi connectivity index (χ3n) is 5.77. The van der Waals surface area contributed by atoms with Gasteiger partial charge in [-0.15, -0.1) is 0 Å². The number of hydrogen-bond acceptors (Lipinski definition) is 6. The zero-order valence-electron chi connectivity index (χ0n) is 18.5. The second-order valence-electron chi connectivity index (χ2n) is 8.38. The average molecular weight is 429 g/mol. The molecule has 0 unspecified atom stereocenters. The van der Waals surface area contributed by atoms with Crippen LogP contribution in [0.15, 0.2) is 41.3 Å². The lowest BCUT2D eigenvalue weighted by Crippen LogP contribution is -2.51. The van der Waals surface area contributed by atoms with Crippen molar-refractivity contribution in [3.8, 4) is 0 Å². The van der Waals surface area contributed by atoms with Gasteiger partial charge in [-0.3, -0.25) is 0 Å². The predicted octanol–water partition coefficient (Wildman–Crippen LogP) is 1.05. The Hall–Kier alpha value is -2.26. The number of nitrogens with one attached hydrogen (secondary N) is 3. The number of aromatic amines is 1. The standard InChI is InChI=1S/C23H37N7O/c24-10-4-11-26-18-19-5-3-6-21(17-19)27-22-9-16-30(23(31)28-22)13-2-1-12-29-14-7-20(25)8-15-29/h3,5-6,9,16-17,20,26H,1-2,4,7-8,10-15,18,24-25H2,(H,27,28,31)/p+1. The first kappa shape index (κ1) is 23.4. The second kappa shape index (κ2) is 12.6. The highest BCUT2D eigenvalue weighted by Gasteiger charge is 2.15. The summed E-state index contributed by atoms with van der Waals surface area (Å²) in [6, 6.07) is 10.5. The van der Waals surface area contributed by atoms with E-state index in [4.69, 9.17) is 11.5 Å². The molecule has 1 aliphatic rings. The Kier molecular flexibility index (Phi) is 9.48. The number of hydrogen-bond donors (Lipinski definition) is 5. The van der Waals surface area contributed by atoms with Gasteiger partial charge in [0.25, 0.3) is 0 Å². The smallest absolute Gasteiger partial charge is 0.330 e. The van der Waals surface area contributed by atoms with Gasteiger partial charge in [0.2, 0.25) is 5.82 Å². The quantitative estimate of drug-likeness (QED) is 0.255. The van der Waals surface area contributed by atoms with E-state index in [0.717, 1.165) is 77.1 Å². The minimum atomic E-state index is -0.0893. The Balaban J connectivity index is 1.44. The molecular formula is C23H38N7O+. The number of nitrogens with zero attached hydrogens (tertiary/aromatic N) is 2. The molecule has 0 aliphatic carbocycles. The zero-order chi connectivity index (χ0) is 21.9. The van der Waals surface area contributed by atoms with Gasteiger partial charge in [-0.05, 0) is 82.5 Å². The van der Waals surface area contributed by atoms with E-state index in [0.29, 0.717) is 18.4 Å². The molecular weight excluding hydrogens is 390 g/mol. The van der Waals surface area contributed by atoms with Gasteiger partial charge >= 0.3 is 5.69 Å². The van der Waals surface area contributed by atoms with Gasteiger partial charge in [-0.25, -0.2) is 0 Å². The number of rotatable bonds is 12. The van der Waals surface area contributed by atoms with E-state index >= 15 is 0 Å². The van der Waals surface area contributed by atoms with Gasteiger partial charge in [0, 0.05) is 24.3 Å². The van der Waals surface area contributed by atoms with Crippen LogP contribution in [0.5, 0.6) is 0 Å². The van der Waals surface area contributed by atoms with Crippen LogP contribution in [0.2, 0.25) is 0 Å². The molecule has 1 aromatic carbocycles. The molecule has 0 atom stereocenters. The second-order valence-corrected chi connectivity index (χ2v) is 8.38. The van der Waals surface area contributed by atoms with E-state index in [1.165, 1.54) is 5.56 Å². The monoisotopic (exact) mass is 428 g/mol. The predicted molar refractivity (Wildman–Crippen MR) is 125 cm³/mol. The number of H-pyrrole nitrogens is 1. The summed E-state index contributed by atoms with van der Waals surface area (Å²) in [7, 11) is 0. The van der Waals surface area contributed by atoms with Crippen LogP contribution in [0.1, 0.15) is 37.7 Å². The zero-order valence-corrected chi connectivity index (χ0v) is 18.5. The molecule has 0 radical (unpaired) electrons. The Labute approximate surface area is 185 Å². The van der Waals surface area contributed by atoms with E-state index in [9.17, 15) is 4.79 Å². The number of aryl methyl sites for hydroxylation is 1. The first-order valence-corrected chi connectivity index (χ1v) is 11.5. The van der Waals surface area contributed by atoms with Gasteiger partial charge in [-0.1, -0.05) is 12.1 Å². The van der Waals surface area contributed by atoms with Crippen LogP contribution in [0.25, 0.3) is 0 Å². The Bertz CT molecular complexity index is 846. The summed E-state index contributed by atoms with van der Waals surface area (Å²) >= 11 is 0. The summed E-state index contributed by atoms with van der Waals surface area (Å²) in [5, 5.41) is 6.67. The van der Waals surface area contributed by atoms with E-state index < -0.39 is 0 Å². The lowest BCUT2D eigenvalue weighted by Gasteiger charge is -2.29. The van der Waals surface area contributed by atoms with Crippen LogP contribution in [-0.4, -0.2) is 48.6 Å². The number of piperidine rings is 1. The van der Waals surface area contributed by atoms with E-state index in [1.54, 1.807) is 4.57 Å². The number of anilines is 2. The lowest BCUT2D eigenvalue weighted by molar-refractivity contribution is -0.714. The van der Waals surface area contributed by atoms with Crippen LogP contribution in [0, 0.1) is 0 Å². The fraction of sp³-hybridized carbons (Fsp3) is 0.565. The Morgan fingerprint density at radius 3 is 2.77 bits per heavy atom. The third kappa shape index (κ3) is 8.06. The van der Waals surface area contributed by atoms with Crippen molar-refractivity contribution in [1.29, 1.82) is 0 Å². The highest BCUT2D eigenvalue weighted by molar-refractivity contribution is 5.56. The highest BCUT2D eigenvalue weighted by atomic mass is 16.1. The lowest BCUT2D eigenvalue weighted by atomic mass is 10.1. The number of aromatic nitrogens is 2. The van der Waals surface area contributed by atoms with Gasteiger partial charge in [0.1, 0.15) is 0 Å². The topological polar surface area (TPSA) is 116 Å². The maximum absolute atomic E-state index is 12.5. The average Bonchev–Trinajstić information content (AvgIpc) is 2.77. The SMILES string of the molecule is NCCCNCc1cccc(Nc2cc[n+](CCCCN3CCC(N)CC3)c(=O)[nH]2)c1. The van der Waals surface area contributed by atoms with Crippen molar-refractivity contribution in [2.24, 2.45) is 11.5 Å². The minimum absolute atomic E-state index is 0.0893. The molecule has 8 nitrogen and oxygen atoms in total. The van der Waals surface area contributed by atoms with E-state index in [-0.39, 0.29) is 5.69 Å². The number of likely N-dealkylation sites (tertiary alicyclic amines) is 1.